The van der Waals surface area contributed by atoms with Crippen LogP contribution in [0.3, 0.4) is 0 Å². The molecule has 4 rings (SSSR count). The Morgan fingerprint density at radius 1 is 1.09 bits per heavy atom. The van der Waals surface area contributed by atoms with E-state index in [1.165, 1.54) is 11.2 Å². The SMILES string of the molecule is CC(=O)CC(=O)C1(c2cc(F)c(CN3[C@@H](C)CC[C@H](c4ccccc4)S3(=O)=O)cc2F)CC(O)C1. The second-order valence-electron chi connectivity index (χ2n) is 9.79. The predicted molar refractivity (Wildman–Crippen MR) is 126 cm³/mol. The van der Waals surface area contributed by atoms with Crippen molar-refractivity contribution in [3.8, 4) is 0 Å². The first kappa shape index (κ1) is 25.6. The van der Waals surface area contributed by atoms with Gasteiger partial charge in [0.2, 0.25) is 10.0 Å². The minimum Gasteiger partial charge on any atom is -0.393 e. The predicted octanol–water partition coefficient (Wildman–Crippen LogP) is 3.96. The van der Waals surface area contributed by atoms with Gasteiger partial charge in [0.25, 0.3) is 0 Å². The molecular weight excluding hydrogens is 476 g/mol. The van der Waals surface area contributed by atoms with E-state index in [0.29, 0.717) is 18.4 Å². The van der Waals surface area contributed by atoms with Crippen LogP contribution < -0.4 is 0 Å². The van der Waals surface area contributed by atoms with Gasteiger partial charge in [-0.25, -0.2) is 17.2 Å². The molecule has 0 bridgehead atoms. The molecular formula is C26H29F2NO5S. The van der Waals surface area contributed by atoms with Gasteiger partial charge in [-0.05, 0) is 57.2 Å². The molecule has 1 aliphatic carbocycles. The molecule has 1 saturated heterocycles. The summed E-state index contributed by atoms with van der Waals surface area (Å²) in [4.78, 5) is 24.2. The fourth-order valence-corrected chi connectivity index (χ4v) is 7.52. The van der Waals surface area contributed by atoms with Crippen molar-refractivity contribution in [1.82, 2.24) is 4.31 Å². The third-order valence-corrected chi connectivity index (χ3v) is 9.65. The second-order valence-corrected chi connectivity index (χ2v) is 11.9. The largest absolute Gasteiger partial charge is 0.393 e. The molecule has 1 saturated carbocycles. The van der Waals surface area contributed by atoms with Crippen LogP contribution in [0.25, 0.3) is 0 Å². The second kappa shape index (κ2) is 9.52. The molecule has 1 heterocycles. The molecule has 6 nitrogen and oxygen atoms in total. The van der Waals surface area contributed by atoms with Gasteiger partial charge < -0.3 is 5.11 Å². The molecule has 0 unspecified atom stereocenters. The number of ketones is 2. The van der Waals surface area contributed by atoms with Crippen LogP contribution in [0.15, 0.2) is 42.5 Å². The molecule has 0 radical (unpaired) electrons. The number of sulfonamides is 1. The van der Waals surface area contributed by atoms with Crippen LogP contribution >= 0.6 is 0 Å². The molecule has 2 aromatic rings. The van der Waals surface area contributed by atoms with Crippen molar-refractivity contribution in [2.45, 2.75) is 75.3 Å². The lowest BCUT2D eigenvalue weighted by Gasteiger charge is -2.44. The quantitative estimate of drug-likeness (QED) is 0.575. The molecule has 2 aromatic carbocycles. The summed E-state index contributed by atoms with van der Waals surface area (Å²) in [6, 6.07) is 10.3. The van der Waals surface area contributed by atoms with E-state index in [0.717, 1.165) is 12.1 Å². The summed E-state index contributed by atoms with van der Waals surface area (Å²) in [7, 11) is -3.84. The van der Waals surface area contributed by atoms with Crippen molar-refractivity contribution >= 4 is 21.6 Å². The third-order valence-electron chi connectivity index (χ3n) is 7.29. The fourth-order valence-electron chi connectivity index (χ4n) is 5.33. The number of Topliss-reactive ketones (excluding diaryl/α,β-unsaturated/α-hetero) is 2. The Hall–Kier alpha value is -2.49. The summed E-state index contributed by atoms with van der Waals surface area (Å²) in [6.45, 7) is 2.64. The number of hydrogen-bond acceptors (Lipinski definition) is 5. The van der Waals surface area contributed by atoms with Gasteiger partial charge in [0.15, 0.2) is 5.78 Å². The van der Waals surface area contributed by atoms with E-state index in [4.69, 9.17) is 0 Å². The maximum Gasteiger partial charge on any atom is 0.221 e. The van der Waals surface area contributed by atoms with Gasteiger partial charge in [0.05, 0.1) is 17.9 Å². The van der Waals surface area contributed by atoms with Crippen LogP contribution in [0.5, 0.6) is 0 Å². The highest BCUT2D eigenvalue weighted by molar-refractivity contribution is 7.89. The molecule has 0 spiro atoms. The lowest BCUT2D eigenvalue weighted by molar-refractivity contribution is -0.136. The summed E-state index contributed by atoms with van der Waals surface area (Å²) in [5.74, 6) is -2.64. The molecule has 2 atom stereocenters. The zero-order valence-electron chi connectivity index (χ0n) is 19.7. The topological polar surface area (TPSA) is 91.8 Å². The Balaban J connectivity index is 1.66. The summed E-state index contributed by atoms with van der Waals surface area (Å²) in [6.07, 6.45) is -0.456. The maximum absolute atomic E-state index is 15.3. The molecule has 0 aromatic heterocycles. The lowest BCUT2D eigenvalue weighted by atomic mass is 9.59. The number of benzene rings is 2. The summed E-state index contributed by atoms with van der Waals surface area (Å²) < 4.78 is 58.7. The summed E-state index contributed by atoms with van der Waals surface area (Å²) in [5, 5.41) is 9.07. The fraction of sp³-hybridized carbons (Fsp3) is 0.462. The van der Waals surface area contributed by atoms with Crippen molar-refractivity contribution in [1.29, 1.82) is 0 Å². The minimum atomic E-state index is -3.84. The number of aliphatic hydroxyl groups excluding tert-OH is 1. The average Bonchev–Trinajstić information content (AvgIpc) is 2.76. The molecule has 0 amide bonds. The molecule has 1 N–H and O–H groups in total. The van der Waals surface area contributed by atoms with E-state index in [1.807, 2.05) is 0 Å². The molecule has 1 aliphatic heterocycles. The molecule has 2 aliphatic rings. The summed E-state index contributed by atoms with van der Waals surface area (Å²) >= 11 is 0. The highest BCUT2D eigenvalue weighted by Crippen LogP contribution is 2.47. The normalized spacial score (nSPS) is 28.3. The average molecular weight is 506 g/mol. The zero-order valence-corrected chi connectivity index (χ0v) is 20.5. The Kier molecular flexibility index (Phi) is 6.96. The third kappa shape index (κ3) is 4.69. The van der Waals surface area contributed by atoms with Crippen LogP contribution in [0.4, 0.5) is 8.78 Å². The van der Waals surface area contributed by atoms with Gasteiger partial charge in [-0.3, -0.25) is 9.59 Å². The van der Waals surface area contributed by atoms with Crippen LogP contribution in [0, 0.1) is 11.6 Å². The number of carbonyl (C=O) groups is 2. The zero-order chi connectivity index (χ0) is 25.5. The highest BCUT2D eigenvalue weighted by atomic mass is 32.2. The first-order valence-electron chi connectivity index (χ1n) is 11.7. The minimum absolute atomic E-state index is 0.0921. The lowest BCUT2D eigenvalue weighted by Crippen LogP contribution is -2.51. The molecule has 2 fully saturated rings. The van der Waals surface area contributed by atoms with E-state index in [2.05, 4.69) is 0 Å². The van der Waals surface area contributed by atoms with Gasteiger partial charge in [-0.2, -0.15) is 4.31 Å². The van der Waals surface area contributed by atoms with E-state index < -0.39 is 62.5 Å². The number of nitrogens with zero attached hydrogens (tertiary/aromatic N) is 1. The Morgan fingerprint density at radius 3 is 2.34 bits per heavy atom. The molecule has 9 heteroatoms. The smallest absolute Gasteiger partial charge is 0.221 e. The molecule has 188 valence electrons. The Bertz CT molecular complexity index is 1240. The number of aliphatic hydroxyl groups is 1. The monoisotopic (exact) mass is 505 g/mol. The Morgan fingerprint density at radius 2 is 1.74 bits per heavy atom. The highest BCUT2D eigenvalue weighted by Gasteiger charge is 2.52. The van der Waals surface area contributed by atoms with E-state index in [-0.39, 0.29) is 30.5 Å². The van der Waals surface area contributed by atoms with Gasteiger partial charge in [0, 0.05) is 23.7 Å². The number of hydrogen-bond donors (Lipinski definition) is 1. The van der Waals surface area contributed by atoms with Crippen molar-refractivity contribution in [3.63, 3.8) is 0 Å². The van der Waals surface area contributed by atoms with Crippen molar-refractivity contribution in [3.05, 3.63) is 70.8 Å². The van der Waals surface area contributed by atoms with Crippen LogP contribution in [-0.2, 0) is 31.6 Å². The number of halogens is 2. The van der Waals surface area contributed by atoms with Gasteiger partial charge in [-0.15, -0.1) is 0 Å². The standard InChI is InChI=1S/C26H29F2NO5S/c1-16-8-9-24(18-6-4-3-5-7-18)35(33,34)29(16)15-19-11-23(28)21(12-22(19)27)26(13-20(31)14-26)25(32)10-17(2)30/h3-7,11-12,16,20,24,31H,8-10,13-15H2,1-2H3/t16-,20?,24+,26?/m0/s1. The van der Waals surface area contributed by atoms with Gasteiger partial charge in [0.1, 0.15) is 22.7 Å². The van der Waals surface area contributed by atoms with Crippen LogP contribution in [0.2, 0.25) is 0 Å². The van der Waals surface area contributed by atoms with Gasteiger partial charge >= 0.3 is 0 Å². The van der Waals surface area contributed by atoms with E-state index >= 15 is 8.78 Å². The first-order valence-corrected chi connectivity index (χ1v) is 13.2. The van der Waals surface area contributed by atoms with Crippen LogP contribution in [0.1, 0.15) is 67.9 Å². The van der Waals surface area contributed by atoms with E-state index in [9.17, 15) is 23.1 Å². The van der Waals surface area contributed by atoms with Crippen molar-refractivity contribution in [2.75, 3.05) is 0 Å². The maximum atomic E-state index is 15.3. The Labute approximate surface area is 204 Å². The summed E-state index contributed by atoms with van der Waals surface area (Å²) in [5.41, 5.74) is -1.14. The number of carbonyl (C=O) groups excluding carboxylic acids is 2. The molecule has 35 heavy (non-hydrogen) atoms. The first-order chi connectivity index (χ1) is 16.5. The van der Waals surface area contributed by atoms with Crippen LogP contribution in [-0.4, -0.2) is 41.5 Å². The van der Waals surface area contributed by atoms with Crippen molar-refractivity contribution in [2.24, 2.45) is 0 Å². The van der Waals surface area contributed by atoms with Gasteiger partial charge in [-0.1, -0.05) is 30.3 Å². The van der Waals surface area contributed by atoms with E-state index in [1.54, 1.807) is 37.3 Å². The van der Waals surface area contributed by atoms with Crippen molar-refractivity contribution < 1.29 is 31.9 Å². The number of rotatable bonds is 7.